The molecule has 4 rings (SSSR count). The molecule has 1 atom stereocenters. The number of sulfone groups is 1. The first-order valence-electron chi connectivity index (χ1n) is 9.90. The number of amides is 1. The van der Waals surface area contributed by atoms with Crippen LogP contribution in [0.4, 0.5) is 5.69 Å². The molecule has 1 unspecified atom stereocenters. The first-order chi connectivity index (χ1) is 13.0. The highest BCUT2D eigenvalue weighted by Gasteiger charge is 2.33. The smallest absolute Gasteiger partial charge is 0.227 e. The van der Waals surface area contributed by atoms with Gasteiger partial charge in [0, 0.05) is 24.0 Å². The highest BCUT2D eigenvalue weighted by molar-refractivity contribution is 7.91. The summed E-state index contributed by atoms with van der Waals surface area (Å²) in [4.78, 5) is 19.8. The minimum Gasteiger partial charge on any atom is -0.307 e. The van der Waals surface area contributed by atoms with Crippen molar-refractivity contribution >= 4 is 32.3 Å². The second-order valence-corrected chi connectivity index (χ2v) is 10.1. The Balaban J connectivity index is 1.66. The van der Waals surface area contributed by atoms with E-state index in [0.717, 1.165) is 48.7 Å². The third kappa shape index (κ3) is 4.00. The molecule has 5 nitrogen and oxygen atoms in total. The Morgan fingerprint density at radius 1 is 1.07 bits per heavy atom. The van der Waals surface area contributed by atoms with Crippen LogP contribution in [0.5, 0.6) is 0 Å². The molecule has 6 heteroatoms. The van der Waals surface area contributed by atoms with Crippen LogP contribution in [-0.2, 0) is 14.6 Å². The van der Waals surface area contributed by atoms with E-state index in [1.807, 2.05) is 35.2 Å². The Morgan fingerprint density at radius 2 is 1.85 bits per heavy atom. The quantitative estimate of drug-likeness (QED) is 0.803. The Labute approximate surface area is 160 Å². The fraction of sp³-hybridized carbons (Fsp3) is 0.524. The van der Waals surface area contributed by atoms with Gasteiger partial charge in [-0.15, -0.1) is 0 Å². The summed E-state index contributed by atoms with van der Waals surface area (Å²) in [7, 11) is -3.00. The Bertz CT molecular complexity index is 930. The molecule has 2 aliphatic rings. The van der Waals surface area contributed by atoms with Gasteiger partial charge in [0.25, 0.3) is 0 Å². The Morgan fingerprint density at radius 3 is 2.63 bits per heavy atom. The molecule has 1 saturated carbocycles. The molecule has 0 N–H and O–H groups in total. The number of fused-ring (bicyclic) bond motifs is 1. The minimum absolute atomic E-state index is 0.0437. The van der Waals surface area contributed by atoms with Crippen molar-refractivity contribution in [2.24, 2.45) is 5.92 Å². The highest BCUT2D eigenvalue weighted by Crippen LogP contribution is 2.34. The van der Waals surface area contributed by atoms with Gasteiger partial charge in [-0.25, -0.2) is 8.42 Å². The largest absolute Gasteiger partial charge is 0.307 e. The number of hydrogen-bond donors (Lipinski definition) is 0. The van der Waals surface area contributed by atoms with Crippen molar-refractivity contribution in [3.05, 3.63) is 36.5 Å². The topological polar surface area (TPSA) is 67.3 Å². The molecule has 1 aliphatic carbocycles. The van der Waals surface area contributed by atoms with Crippen LogP contribution in [0.3, 0.4) is 0 Å². The third-order valence-electron chi connectivity index (χ3n) is 5.85. The molecule has 27 heavy (non-hydrogen) atoms. The van der Waals surface area contributed by atoms with E-state index < -0.39 is 9.84 Å². The number of aromatic nitrogens is 1. The minimum atomic E-state index is -3.00. The summed E-state index contributed by atoms with van der Waals surface area (Å²) >= 11 is 0. The maximum Gasteiger partial charge on any atom is 0.227 e. The summed E-state index contributed by atoms with van der Waals surface area (Å²) in [5.74, 6) is 0.382. The van der Waals surface area contributed by atoms with Gasteiger partial charge in [-0.3, -0.25) is 9.78 Å². The molecule has 1 aromatic heterocycles. The van der Waals surface area contributed by atoms with Crippen molar-refractivity contribution in [1.29, 1.82) is 0 Å². The van der Waals surface area contributed by atoms with E-state index in [1.165, 1.54) is 0 Å². The van der Waals surface area contributed by atoms with E-state index in [4.69, 9.17) is 0 Å². The molecule has 2 fully saturated rings. The fourth-order valence-electron chi connectivity index (χ4n) is 4.60. The summed E-state index contributed by atoms with van der Waals surface area (Å²) in [6, 6.07) is 10.1. The summed E-state index contributed by atoms with van der Waals surface area (Å²) in [5.41, 5.74) is 1.71. The lowest BCUT2D eigenvalue weighted by Gasteiger charge is -2.32. The summed E-state index contributed by atoms with van der Waals surface area (Å²) in [6.45, 7) is 0. The van der Waals surface area contributed by atoms with Crippen molar-refractivity contribution < 1.29 is 13.2 Å². The standard InChI is InChI=1S/C21H26N2O3S/c24-20(14-16-6-5-13-27(25,26)15-16)23(18-9-1-2-10-18)19-11-3-7-17-8-4-12-22-21(17)19/h3-4,7-8,11-12,16,18H,1-2,5-6,9-10,13-15H2. The van der Waals surface area contributed by atoms with Crippen LogP contribution in [0, 0.1) is 5.92 Å². The molecule has 1 aliphatic heterocycles. The van der Waals surface area contributed by atoms with Gasteiger partial charge >= 0.3 is 0 Å². The molecular weight excluding hydrogens is 360 g/mol. The molecule has 1 amide bonds. The van der Waals surface area contributed by atoms with Gasteiger partial charge in [-0.05, 0) is 43.7 Å². The maximum atomic E-state index is 13.4. The zero-order valence-corrected chi connectivity index (χ0v) is 16.3. The van der Waals surface area contributed by atoms with Crippen molar-refractivity contribution in [2.45, 2.75) is 51.0 Å². The summed E-state index contributed by atoms with van der Waals surface area (Å²) < 4.78 is 24.0. The van der Waals surface area contributed by atoms with Crippen molar-refractivity contribution in [3.8, 4) is 0 Å². The van der Waals surface area contributed by atoms with Crippen molar-refractivity contribution in [1.82, 2.24) is 4.98 Å². The van der Waals surface area contributed by atoms with Gasteiger partial charge in [0.1, 0.15) is 0 Å². The number of hydrogen-bond acceptors (Lipinski definition) is 4. The second kappa shape index (κ2) is 7.58. The molecule has 2 aromatic rings. The van der Waals surface area contributed by atoms with Gasteiger partial charge in [0.15, 0.2) is 9.84 Å². The van der Waals surface area contributed by atoms with E-state index in [9.17, 15) is 13.2 Å². The van der Waals surface area contributed by atoms with E-state index in [-0.39, 0.29) is 29.4 Å². The van der Waals surface area contributed by atoms with Crippen LogP contribution < -0.4 is 4.90 Å². The predicted molar refractivity (Wildman–Crippen MR) is 107 cm³/mol. The van der Waals surface area contributed by atoms with Gasteiger partial charge in [-0.1, -0.05) is 31.0 Å². The van der Waals surface area contributed by atoms with E-state index in [2.05, 4.69) is 4.98 Å². The number of carbonyl (C=O) groups is 1. The first kappa shape index (κ1) is 18.4. The van der Waals surface area contributed by atoms with Gasteiger partial charge in [-0.2, -0.15) is 0 Å². The van der Waals surface area contributed by atoms with Gasteiger partial charge in [0.05, 0.1) is 22.7 Å². The van der Waals surface area contributed by atoms with Crippen LogP contribution in [0.2, 0.25) is 0 Å². The third-order valence-corrected chi connectivity index (χ3v) is 7.74. The second-order valence-electron chi connectivity index (χ2n) is 7.88. The number of nitrogens with zero attached hydrogens (tertiary/aromatic N) is 2. The number of rotatable bonds is 4. The molecule has 0 radical (unpaired) electrons. The molecule has 2 heterocycles. The van der Waals surface area contributed by atoms with Crippen LogP contribution in [0.25, 0.3) is 10.9 Å². The Hall–Kier alpha value is -1.95. The monoisotopic (exact) mass is 386 g/mol. The van der Waals surface area contributed by atoms with Crippen LogP contribution >= 0.6 is 0 Å². The first-order valence-corrected chi connectivity index (χ1v) is 11.7. The zero-order chi connectivity index (χ0) is 18.9. The molecular formula is C21H26N2O3S. The average molecular weight is 387 g/mol. The molecule has 0 bridgehead atoms. The predicted octanol–water partition coefficient (Wildman–Crippen LogP) is 3.73. The summed E-state index contributed by atoms with van der Waals surface area (Å²) in [5, 5.41) is 1.02. The normalized spacial score (nSPS) is 22.7. The number of carbonyl (C=O) groups excluding carboxylic acids is 1. The highest BCUT2D eigenvalue weighted by atomic mass is 32.2. The number of para-hydroxylation sites is 1. The number of benzene rings is 1. The van der Waals surface area contributed by atoms with Crippen molar-refractivity contribution in [2.75, 3.05) is 16.4 Å². The molecule has 144 valence electrons. The number of anilines is 1. The average Bonchev–Trinajstić information content (AvgIpc) is 3.15. The summed E-state index contributed by atoms with van der Waals surface area (Å²) in [6.07, 6.45) is 7.80. The van der Waals surface area contributed by atoms with E-state index >= 15 is 0 Å². The zero-order valence-electron chi connectivity index (χ0n) is 15.5. The van der Waals surface area contributed by atoms with Gasteiger partial charge in [0.2, 0.25) is 5.91 Å². The van der Waals surface area contributed by atoms with E-state index in [0.29, 0.717) is 12.8 Å². The van der Waals surface area contributed by atoms with Crippen LogP contribution in [0.1, 0.15) is 44.9 Å². The van der Waals surface area contributed by atoms with E-state index in [1.54, 1.807) is 6.20 Å². The number of pyridine rings is 1. The lowest BCUT2D eigenvalue weighted by Crippen LogP contribution is -2.41. The lowest BCUT2D eigenvalue weighted by molar-refractivity contribution is -0.119. The molecule has 1 saturated heterocycles. The SMILES string of the molecule is O=C(CC1CCCS(=O)(=O)C1)N(c1cccc2cccnc12)C1CCCC1. The van der Waals surface area contributed by atoms with Crippen LogP contribution in [-0.4, -0.2) is 36.9 Å². The van der Waals surface area contributed by atoms with Gasteiger partial charge < -0.3 is 4.90 Å². The molecule has 1 aromatic carbocycles. The fourth-order valence-corrected chi connectivity index (χ4v) is 6.38. The van der Waals surface area contributed by atoms with Crippen molar-refractivity contribution in [3.63, 3.8) is 0 Å². The lowest BCUT2D eigenvalue weighted by atomic mass is 9.99. The maximum absolute atomic E-state index is 13.4. The van der Waals surface area contributed by atoms with Crippen LogP contribution in [0.15, 0.2) is 36.5 Å². The molecule has 0 spiro atoms. The Kier molecular flexibility index (Phi) is 5.17.